The molecule has 0 aromatic heterocycles. The van der Waals surface area contributed by atoms with Crippen molar-refractivity contribution in [2.75, 3.05) is 0 Å². The third kappa shape index (κ3) is 4.42. The SMILES string of the molecule is c1ccc(N=P(OC23CC4CC(CC(C4)C2)C3)(OC23CC4CC(CC(C4)C2)C3)OC23CC4CC(CC(C4)C2)C3)cc1. The van der Waals surface area contributed by atoms with Crippen molar-refractivity contribution in [3.63, 3.8) is 0 Å². The molecule has 1 aromatic rings. The summed E-state index contributed by atoms with van der Waals surface area (Å²) < 4.78 is 29.1. The maximum absolute atomic E-state index is 7.82. The highest BCUT2D eigenvalue weighted by Crippen LogP contribution is 2.73. The van der Waals surface area contributed by atoms with Crippen LogP contribution in [0.5, 0.6) is 0 Å². The van der Waals surface area contributed by atoms with Gasteiger partial charge in [-0.3, -0.25) is 13.6 Å². The Kier molecular flexibility index (Phi) is 5.60. The third-order valence-corrected chi connectivity index (χ3v) is 16.2. The minimum absolute atomic E-state index is 0.0919. The summed E-state index contributed by atoms with van der Waals surface area (Å²) in [5.74, 6) is 7.49. The van der Waals surface area contributed by atoms with Crippen molar-refractivity contribution in [1.29, 1.82) is 0 Å². The third-order valence-electron chi connectivity index (χ3n) is 13.9. The van der Waals surface area contributed by atoms with E-state index in [0.29, 0.717) is 0 Å². The highest BCUT2D eigenvalue weighted by atomic mass is 31.2. The molecule has 12 bridgehead atoms. The van der Waals surface area contributed by atoms with Crippen LogP contribution in [-0.2, 0) is 13.6 Å². The van der Waals surface area contributed by atoms with Gasteiger partial charge in [-0.25, -0.2) is 0 Å². The number of hydrogen-bond donors (Lipinski definition) is 0. The van der Waals surface area contributed by atoms with Crippen LogP contribution in [0.15, 0.2) is 35.1 Å². The lowest BCUT2D eigenvalue weighted by Crippen LogP contribution is -2.55. The van der Waals surface area contributed by atoms with E-state index in [2.05, 4.69) is 30.3 Å². The Morgan fingerprint density at radius 1 is 0.439 bits per heavy atom. The lowest BCUT2D eigenvalue weighted by molar-refractivity contribution is -0.171. The minimum Gasteiger partial charge on any atom is -0.296 e. The van der Waals surface area contributed by atoms with Gasteiger partial charge in [0.2, 0.25) is 0 Å². The van der Waals surface area contributed by atoms with Crippen molar-refractivity contribution >= 4 is 13.4 Å². The monoisotopic (exact) mass is 575 g/mol. The van der Waals surface area contributed by atoms with Crippen LogP contribution < -0.4 is 0 Å². The van der Waals surface area contributed by atoms with Gasteiger partial charge < -0.3 is 0 Å². The van der Waals surface area contributed by atoms with Crippen LogP contribution in [0.2, 0.25) is 0 Å². The van der Waals surface area contributed by atoms with Crippen molar-refractivity contribution in [2.24, 2.45) is 58.0 Å². The Hall–Kier alpha value is -0.670. The molecule has 12 aliphatic rings. The molecule has 0 radical (unpaired) electrons. The fourth-order valence-corrected chi connectivity index (χ4v) is 16.7. The van der Waals surface area contributed by atoms with Crippen LogP contribution in [0, 0.1) is 53.3 Å². The molecule has 0 aliphatic heterocycles. The Balaban J connectivity index is 1.10. The highest BCUT2D eigenvalue weighted by Gasteiger charge is 2.61. The molecule has 0 N–H and O–H groups in total. The van der Waals surface area contributed by atoms with Crippen LogP contribution >= 0.6 is 7.74 Å². The summed E-state index contributed by atoms with van der Waals surface area (Å²) in [7, 11) is -3.04. The molecule has 0 saturated heterocycles. The molecule has 13 rings (SSSR count). The van der Waals surface area contributed by atoms with Crippen molar-refractivity contribution in [3.8, 4) is 0 Å². The summed E-state index contributed by atoms with van der Waals surface area (Å²) in [5, 5.41) is 0. The molecular formula is C36H50NO3P. The zero-order valence-electron chi connectivity index (χ0n) is 24.9. The largest absolute Gasteiger partial charge is 0.362 e. The Morgan fingerprint density at radius 3 is 0.976 bits per heavy atom. The molecule has 0 unspecified atom stereocenters. The summed E-state index contributed by atoms with van der Waals surface area (Å²) in [4.78, 5) is 0. The van der Waals surface area contributed by atoms with Crippen LogP contribution in [0.1, 0.15) is 116 Å². The maximum atomic E-state index is 7.82. The fraction of sp³-hybridized carbons (Fsp3) is 0.833. The summed E-state index contributed by atoms with van der Waals surface area (Å²) in [5.41, 5.74) is 0.724. The molecule has 0 spiro atoms. The van der Waals surface area contributed by atoms with Gasteiger partial charge in [0.25, 0.3) is 0 Å². The van der Waals surface area contributed by atoms with Gasteiger partial charge in [-0.2, -0.15) is 4.74 Å². The molecule has 0 amide bonds. The molecule has 222 valence electrons. The molecule has 0 atom stereocenters. The Labute approximate surface area is 247 Å². The highest BCUT2D eigenvalue weighted by molar-refractivity contribution is 7.51. The number of nitrogens with zero attached hydrogens (tertiary/aromatic N) is 1. The van der Waals surface area contributed by atoms with Crippen LogP contribution in [0.4, 0.5) is 5.69 Å². The summed E-state index contributed by atoms with van der Waals surface area (Å²) in [6.45, 7) is 0. The van der Waals surface area contributed by atoms with Gasteiger partial charge in [-0.1, -0.05) is 18.2 Å². The normalized spacial score (nSPS) is 53.1. The number of benzene rings is 1. The van der Waals surface area contributed by atoms with E-state index in [9.17, 15) is 0 Å². The van der Waals surface area contributed by atoms with Crippen molar-refractivity contribution in [3.05, 3.63) is 30.3 Å². The Morgan fingerprint density at radius 2 is 0.707 bits per heavy atom. The topological polar surface area (TPSA) is 40.0 Å². The smallest absolute Gasteiger partial charge is 0.296 e. The molecule has 5 heteroatoms. The van der Waals surface area contributed by atoms with E-state index in [0.717, 1.165) is 58.9 Å². The van der Waals surface area contributed by atoms with Gasteiger partial charge in [0.15, 0.2) is 0 Å². The Bertz CT molecular complexity index is 1030. The van der Waals surface area contributed by atoms with Crippen molar-refractivity contribution in [1.82, 2.24) is 0 Å². The van der Waals surface area contributed by atoms with Gasteiger partial charge in [0.1, 0.15) is 0 Å². The minimum atomic E-state index is -3.04. The maximum Gasteiger partial charge on any atom is 0.362 e. The van der Waals surface area contributed by atoms with Gasteiger partial charge in [0, 0.05) is 0 Å². The standard InChI is InChI=1S/C36H50NO3P/c1-2-4-33(5-3-1)37-41(38-34-15-24-6-25(16-34)8-26(7-24)17-34,39-35-18-27-9-28(19-35)11-29(10-27)20-35)40-36-21-30-12-31(22-36)14-32(13-30)23-36/h1-5,24-32H,6-23H2. The quantitative estimate of drug-likeness (QED) is 0.304. The van der Waals surface area contributed by atoms with Crippen molar-refractivity contribution in [2.45, 2.75) is 132 Å². The van der Waals surface area contributed by atoms with E-state index in [1.807, 2.05) is 0 Å². The lowest BCUT2D eigenvalue weighted by atomic mass is 9.54. The first kappa shape index (κ1) is 25.6. The van der Waals surface area contributed by atoms with Gasteiger partial charge >= 0.3 is 7.74 Å². The lowest BCUT2D eigenvalue weighted by Gasteiger charge is -2.61. The molecule has 12 saturated carbocycles. The second-order valence-corrected chi connectivity index (χ2v) is 19.2. The predicted octanol–water partition coefficient (Wildman–Crippen LogP) is 10.2. The number of hydrogen-bond acceptors (Lipinski definition) is 4. The number of rotatable bonds is 7. The fourth-order valence-electron chi connectivity index (χ4n) is 13.9. The zero-order valence-corrected chi connectivity index (χ0v) is 25.8. The van der Waals surface area contributed by atoms with E-state index in [-0.39, 0.29) is 16.8 Å². The summed E-state index contributed by atoms with van der Waals surface area (Å²) in [6, 6.07) is 10.7. The van der Waals surface area contributed by atoms with Crippen LogP contribution in [0.3, 0.4) is 0 Å². The molecule has 12 aliphatic carbocycles. The van der Waals surface area contributed by atoms with Gasteiger partial charge in [-0.05, 0) is 181 Å². The first-order valence-electron chi connectivity index (χ1n) is 17.7. The molecule has 41 heavy (non-hydrogen) atoms. The average molecular weight is 576 g/mol. The first-order valence-corrected chi connectivity index (χ1v) is 19.2. The molecule has 1 aromatic carbocycles. The molecule has 0 heterocycles. The van der Waals surface area contributed by atoms with E-state index in [1.165, 1.54) is 116 Å². The van der Waals surface area contributed by atoms with Crippen molar-refractivity contribution < 1.29 is 13.6 Å². The second-order valence-electron chi connectivity index (χ2n) is 17.5. The van der Waals surface area contributed by atoms with E-state index >= 15 is 0 Å². The summed E-state index contributed by atoms with van der Waals surface area (Å²) in [6.07, 6.45) is 23.7. The van der Waals surface area contributed by atoms with E-state index < -0.39 is 7.74 Å². The molecular weight excluding hydrogens is 525 g/mol. The van der Waals surface area contributed by atoms with E-state index in [1.54, 1.807) is 0 Å². The van der Waals surface area contributed by atoms with Gasteiger partial charge in [-0.15, -0.1) is 0 Å². The van der Waals surface area contributed by atoms with E-state index in [4.69, 9.17) is 18.3 Å². The summed E-state index contributed by atoms with van der Waals surface area (Å²) >= 11 is 0. The zero-order chi connectivity index (χ0) is 26.9. The second kappa shape index (κ2) is 8.95. The van der Waals surface area contributed by atoms with Crippen LogP contribution in [-0.4, -0.2) is 16.8 Å². The molecule has 4 nitrogen and oxygen atoms in total. The molecule has 12 fully saturated rings. The van der Waals surface area contributed by atoms with Gasteiger partial charge in [0.05, 0.1) is 22.5 Å². The first-order chi connectivity index (χ1) is 19.9. The average Bonchev–Trinajstić information content (AvgIpc) is 2.85. The predicted molar refractivity (Wildman–Crippen MR) is 161 cm³/mol. The van der Waals surface area contributed by atoms with Crippen LogP contribution in [0.25, 0.3) is 0 Å².